The summed E-state index contributed by atoms with van der Waals surface area (Å²) < 4.78 is 31.5. The molecule has 0 aliphatic heterocycles. The van der Waals surface area contributed by atoms with Gasteiger partial charge in [-0.2, -0.15) is 8.42 Å². The summed E-state index contributed by atoms with van der Waals surface area (Å²) in [5, 5.41) is 1.21. The Morgan fingerprint density at radius 3 is 2.50 bits per heavy atom. The third kappa shape index (κ3) is 1.75. The van der Waals surface area contributed by atoms with E-state index in [2.05, 4.69) is 0 Å². The van der Waals surface area contributed by atoms with Crippen molar-refractivity contribution in [1.29, 1.82) is 0 Å². The molecule has 0 saturated heterocycles. The first-order valence-electron chi connectivity index (χ1n) is 4.66. The van der Waals surface area contributed by atoms with E-state index in [1.165, 1.54) is 6.07 Å². The van der Waals surface area contributed by atoms with Crippen molar-refractivity contribution in [3.63, 3.8) is 0 Å². The van der Waals surface area contributed by atoms with Crippen LogP contribution in [-0.2, 0) is 10.1 Å². The highest BCUT2D eigenvalue weighted by atomic mass is 32.2. The largest absolute Gasteiger partial charge is 0.399 e. The Labute approximate surface area is 93.4 Å². The molecule has 0 radical (unpaired) electrons. The Balaban J connectivity index is 3.01. The lowest BCUT2D eigenvalue weighted by Crippen LogP contribution is -2.01. The lowest BCUT2D eigenvalue weighted by molar-refractivity contribution is 0.484. The summed E-state index contributed by atoms with van der Waals surface area (Å²) in [6, 6.07) is 8.19. The first-order chi connectivity index (χ1) is 7.39. The Morgan fingerprint density at radius 2 is 1.88 bits per heavy atom. The van der Waals surface area contributed by atoms with E-state index in [9.17, 15) is 8.42 Å². The minimum absolute atomic E-state index is 0.147. The van der Waals surface area contributed by atoms with Gasteiger partial charge < -0.3 is 5.73 Å². The highest BCUT2D eigenvalue weighted by Crippen LogP contribution is 2.28. The number of nitrogen functional groups attached to an aromatic ring is 1. The molecule has 0 aliphatic carbocycles. The highest BCUT2D eigenvalue weighted by molar-refractivity contribution is 7.86. The summed E-state index contributed by atoms with van der Waals surface area (Å²) in [4.78, 5) is -0.147. The van der Waals surface area contributed by atoms with Crippen LogP contribution >= 0.6 is 0 Å². The van der Waals surface area contributed by atoms with E-state index in [0.29, 0.717) is 11.1 Å². The van der Waals surface area contributed by atoms with E-state index in [1.54, 1.807) is 18.2 Å². The molecule has 0 heterocycles. The van der Waals surface area contributed by atoms with Crippen LogP contribution in [0.15, 0.2) is 35.2 Å². The van der Waals surface area contributed by atoms with E-state index in [0.717, 1.165) is 10.9 Å². The van der Waals surface area contributed by atoms with Crippen molar-refractivity contribution in [1.82, 2.24) is 0 Å². The standard InChI is InChI=1S/C11H11NO3S/c1-7-3-2-4-9-10(7)5-8(12)6-11(9)16(13,14)15/h2-6H,12H2,1H3,(H,13,14,15). The van der Waals surface area contributed by atoms with Gasteiger partial charge in [0.25, 0.3) is 10.1 Å². The van der Waals surface area contributed by atoms with Crippen LogP contribution in [0.3, 0.4) is 0 Å². The van der Waals surface area contributed by atoms with Gasteiger partial charge in [0, 0.05) is 11.1 Å². The topological polar surface area (TPSA) is 80.4 Å². The minimum Gasteiger partial charge on any atom is -0.399 e. The van der Waals surface area contributed by atoms with Gasteiger partial charge >= 0.3 is 0 Å². The molecule has 4 nitrogen and oxygen atoms in total. The predicted octanol–water partition coefficient (Wildman–Crippen LogP) is 1.98. The second kappa shape index (κ2) is 3.47. The van der Waals surface area contributed by atoms with Crippen LogP contribution in [-0.4, -0.2) is 13.0 Å². The highest BCUT2D eigenvalue weighted by Gasteiger charge is 2.15. The smallest absolute Gasteiger partial charge is 0.295 e. The maximum atomic E-state index is 11.2. The average molecular weight is 237 g/mol. The van der Waals surface area contributed by atoms with E-state index in [4.69, 9.17) is 10.3 Å². The van der Waals surface area contributed by atoms with Gasteiger partial charge in [-0.25, -0.2) is 0 Å². The molecule has 84 valence electrons. The van der Waals surface area contributed by atoms with E-state index in [-0.39, 0.29) is 4.90 Å². The first kappa shape index (κ1) is 10.9. The Hall–Kier alpha value is -1.59. The first-order valence-corrected chi connectivity index (χ1v) is 6.10. The second-order valence-corrected chi connectivity index (χ2v) is 5.05. The summed E-state index contributed by atoms with van der Waals surface area (Å²) in [5.41, 5.74) is 6.84. The lowest BCUT2D eigenvalue weighted by Gasteiger charge is -2.07. The normalized spacial score (nSPS) is 11.9. The Kier molecular flexibility index (Phi) is 2.36. The van der Waals surface area contributed by atoms with Crippen molar-refractivity contribution in [2.75, 3.05) is 5.73 Å². The van der Waals surface area contributed by atoms with Gasteiger partial charge in [-0.15, -0.1) is 0 Å². The van der Waals surface area contributed by atoms with Crippen molar-refractivity contribution in [3.05, 3.63) is 35.9 Å². The summed E-state index contributed by atoms with van der Waals surface area (Å²) >= 11 is 0. The fourth-order valence-corrected chi connectivity index (χ4v) is 2.48. The molecule has 0 atom stereocenters. The molecule has 2 aromatic rings. The fraction of sp³-hybridized carbons (Fsp3) is 0.0909. The summed E-state index contributed by atoms with van der Waals surface area (Å²) in [6.07, 6.45) is 0. The van der Waals surface area contributed by atoms with Gasteiger partial charge in [0.05, 0.1) is 0 Å². The molecule has 0 fully saturated rings. The van der Waals surface area contributed by atoms with Gasteiger partial charge in [-0.1, -0.05) is 18.2 Å². The molecule has 16 heavy (non-hydrogen) atoms. The molecule has 0 unspecified atom stereocenters. The van der Waals surface area contributed by atoms with Crippen molar-refractivity contribution in [3.8, 4) is 0 Å². The van der Waals surface area contributed by atoms with Gasteiger partial charge in [0.2, 0.25) is 0 Å². The number of hydrogen-bond donors (Lipinski definition) is 2. The SMILES string of the molecule is Cc1cccc2c(S(=O)(=O)O)cc(N)cc12. The van der Waals surface area contributed by atoms with Crippen molar-refractivity contribution < 1.29 is 13.0 Å². The number of rotatable bonds is 1. The summed E-state index contributed by atoms with van der Waals surface area (Å²) in [7, 11) is -4.25. The number of benzene rings is 2. The van der Waals surface area contributed by atoms with E-state index < -0.39 is 10.1 Å². The molecule has 0 saturated carbocycles. The maximum absolute atomic E-state index is 11.2. The van der Waals surface area contributed by atoms with Crippen LogP contribution in [0.5, 0.6) is 0 Å². The van der Waals surface area contributed by atoms with Crippen LogP contribution in [0.2, 0.25) is 0 Å². The number of aryl methyl sites for hydroxylation is 1. The number of hydrogen-bond acceptors (Lipinski definition) is 3. The van der Waals surface area contributed by atoms with Crippen LogP contribution < -0.4 is 5.73 Å². The zero-order valence-electron chi connectivity index (χ0n) is 8.64. The van der Waals surface area contributed by atoms with Crippen molar-refractivity contribution >= 4 is 26.6 Å². The molecule has 3 N–H and O–H groups in total. The van der Waals surface area contributed by atoms with Gasteiger partial charge in [-0.3, -0.25) is 4.55 Å². The third-order valence-corrected chi connectivity index (χ3v) is 3.37. The van der Waals surface area contributed by atoms with E-state index in [1.807, 2.05) is 13.0 Å². The third-order valence-electron chi connectivity index (χ3n) is 2.48. The predicted molar refractivity (Wildman–Crippen MR) is 62.9 cm³/mol. The molecule has 0 aromatic heterocycles. The zero-order chi connectivity index (χ0) is 11.9. The maximum Gasteiger partial charge on any atom is 0.295 e. The fourth-order valence-electron chi connectivity index (χ4n) is 1.74. The number of fused-ring (bicyclic) bond motifs is 1. The Morgan fingerprint density at radius 1 is 1.19 bits per heavy atom. The molecule has 0 bridgehead atoms. The van der Waals surface area contributed by atoms with Crippen molar-refractivity contribution in [2.24, 2.45) is 0 Å². The number of anilines is 1. The minimum atomic E-state index is -4.25. The lowest BCUT2D eigenvalue weighted by atomic mass is 10.1. The van der Waals surface area contributed by atoms with Gasteiger partial charge in [0.15, 0.2) is 0 Å². The quantitative estimate of drug-likeness (QED) is 0.587. The average Bonchev–Trinajstić information content (AvgIpc) is 2.17. The molecule has 2 rings (SSSR count). The summed E-state index contributed by atoms with van der Waals surface area (Å²) in [6.45, 7) is 1.86. The molecular formula is C11H11NO3S. The van der Waals surface area contributed by atoms with Crippen molar-refractivity contribution in [2.45, 2.75) is 11.8 Å². The van der Waals surface area contributed by atoms with Gasteiger partial charge in [-0.05, 0) is 30.0 Å². The van der Waals surface area contributed by atoms with Crippen LogP contribution in [0.25, 0.3) is 10.8 Å². The molecule has 0 aliphatic rings. The van der Waals surface area contributed by atoms with Crippen LogP contribution in [0.1, 0.15) is 5.56 Å². The summed E-state index contributed by atoms with van der Waals surface area (Å²) in [5.74, 6) is 0. The number of nitrogens with two attached hydrogens (primary N) is 1. The zero-order valence-corrected chi connectivity index (χ0v) is 9.45. The molecule has 0 spiro atoms. The molecular weight excluding hydrogens is 226 g/mol. The second-order valence-electron chi connectivity index (χ2n) is 3.66. The molecule has 0 amide bonds. The van der Waals surface area contributed by atoms with E-state index >= 15 is 0 Å². The van der Waals surface area contributed by atoms with Crippen LogP contribution in [0.4, 0.5) is 5.69 Å². The Bertz CT molecular complexity index is 662. The van der Waals surface area contributed by atoms with Gasteiger partial charge in [0.1, 0.15) is 4.90 Å². The molecule has 5 heteroatoms. The molecule has 2 aromatic carbocycles. The van der Waals surface area contributed by atoms with Crippen LogP contribution in [0, 0.1) is 6.92 Å². The monoisotopic (exact) mass is 237 g/mol.